The molecule has 0 spiro atoms. The number of aromatic nitrogens is 2. The van der Waals surface area contributed by atoms with E-state index in [-0.39, 0.29) is 0 Å². The van der Waals surface area contributed by atoms with Crippen LogP contribution < -0.4 is 10.2 Å². The Kier molecular flexibility index (Phi) is 5.29. The van der Waals surface area contributed by atoms with Gasteiger partial charge in [-0.1, -0.05) is 35.9 Å². The third-order valence-electron chi connectivity index (χ3n) is 4.66. The predicted molar refractivity (Wildman–Crippen MR) is 105 cm³/mol. The smallest absolute Gasteiger partial charge is 0.162 e. The van der Waals surface area contributed by atoms with Gasteiger partial charge in [0.1, 0.15) is 18.9 Å². The summed E-state index contributed by atoms with van der Waals surface area (Å²) in [4.78, 5) is 11.1. The Morgan fingerprint density at radius 2 is 1.88 bits per heavy atom. The van der Waals surface area contributed by atoms with Gasteiger partial charge in [0.25, 0.3) is 0 Å². The van der Waals surface area contributed by atoms with Crippen LogP contribution in [-0.2, 0) is 4.74 Å². The number of benzene rings is 2. The SMILES string of the molecule is Clc1cccc(-c2nc(NCC[NH+]3CCOCC3)c3ccccc3n2)c1. The fourth-order valence-electron chi connectivity index (χ4n) is 3.24. The highest BCUT2D eigenvalue weighted by Crippen LogP contribution is 2.26. The molecule has 5 nitrogen and oxygen atoms in total. The molecule has 26 heavy (non-hydrogen) atoms. The monoisotopic (exact) mass is 369 g/mol. The second kappa shape index (κ2) is 7.99. The van der Waals surface area contributed by atoms with Gasteiger partial charge in [0.05, 0.1) is 31.8 Å². The summed E-state index contributed by atoms with van der Waals surface area (Å²) in [6, 6.07) is 15.7. The summed E-state index contributed by atoms with van der Waals surface area (Å²) in [6.45, 7) is 5.76. The van der Waals surface area contributed by atoms with Gasteiger partial charge in [-0.2, -0.15) is 0 Å². The third-order valence-corrected chi connectivity index (χ3v) is 4.89. The van der Waals surface area contributed by atoms with E-state index in [0.29, 0.717) is 10.8 Å². The maximum Gasteiger partial charge on any atom is 0.162 e. The zero-order valence-electron chi connectivity index (χ0n) is 14.5. The summed E-state index contributed by atoms with van der Waals surface area (Å²) in [6.07, 6.45) is 0. The third kappa shape index (κ3) is 3.96. The lowest BCUT2D eigenvalue weighted by molar-refractivity contribution is -0.906. The van der Waals surface area contributed by atoms with E-state index in [9.17, 15) is 0 Å². The van der Waals surface area contributed by atoms with Gasteiger partial charge in [0.15, 0.2) is 5.82 Å². The van der Waals surface area contributed by atoms with Crippen molar-refractivity contribution in [2.45, 2.75) is 0 Å². The van der Waals surface area contributed by atoms with Crippen LogP contribution in [0.3, 0.4) is 0 Å². The lowest BCUT2D eigenvalue weighted by Gasteiger charge is -2.23. The normalized spacial score (nSPS) is 15.3. The molecule has 0 radical (unpaired) electrons. The number of rotatable bonds is 5. The van der Waals surface area contributed by atoms with Crippen LogP contribution in [0.25, 0.3) is 22.3 Å². The fraction of sp³-hybridized carbons (Fsp3) is 0.300. The van der Waals surface area contributed by atoms with Crippen LogP contribution in [0.4, 0.5) is 5.82 Å². The molecule has 0 atom stereocenters. The fourth-order valence-corrected chi connectivity index (χ4v) is 3.43. The number of quaternary nitrogens is 1. The van der Waals surface area contributed by atoms with Crippen LogP contribution in [0.5, 0.6) is 0 Å². The highest BCUT2D eigenvalue weighted by molar-refractivity contribution is 6.30. The number of morpholine rings is 1. The van der Waals surface area contributed by atoms with E-state index in [2.05, 4.69) is 11.4 Å². The Hall–Kier alpha value is -2.21. The van der Waals surface area contributed by atoms with Crippen molar-refractivity contribution < 1.29 is 9.64 Å². The van der Waals surface area contributed by atoms with Crippen LogP contribution in [0.1, 0.15) is 0 Å². The molecule has 6 heteroatoms. The average molecular weight is 370 g/mol. The van der Waals surface area contributed by atoms with Gasteiger partial charge in [0.2, 0.25) is 0 Å². The van der Waals surface area contributed by atoms with Crippen molar-refractivity contribution >= 4 is 28.3 Å². The quantitative estimate of drug-likeness (QED) is 0.724. The summed E-state index contributed by atoms with van der Waals surface area (Å²) in [5.41, 5.74) is 1.85. The van der Waals surface area contributed by atoms with Gasteiger partial charge in [-0.3, -0.25) is 0 Å². The van der Waals surface area contributed by atoms with Crippen molar-refractivity contribution in [1.82, 2.24) is 9.97 Å². The molecule has 4 rings (SSSR count). The first-order valence-corrected chi connectivity index (χ1v) is 9.35. The zero-order chi connectivity index (χ0) is 17.8. The molecule has 0 unspecified atom stereocenters. The highest BCUT2D eigenvalue weighted by Gasteiger charge is 2.14. The average Bonchev–Trinajstić information content (AvgIpc) is 2.68. The Morgan fingerprint density at radius 3 is 2.73 bits per heavy atom. The highest BCUT2D eigenvalue weighted by atomic mass is 35.5. The summed E-state index contributed by atoms with van der Waals surface area (Å²) in [5.74, 6) is 1.56. The lowest BCUT2D eigenvalue weighted by Crippen LogP contribution is -3.14. The first-order chi connectivity index (χ1) is 12.8. The molecule has 3 aromatic rings. The van der Waals surface area contributed by atoms with Crippen molar-refractivity contribution in [2.24, 2.45) is 0 Å². The number of nitrogens with one attached hydrogen (secondary N) is 2. The molecule has 2 N–H and O–H groups in total. The summed E-state index contributed by atoms with van der Waals surface area (Å²) < 4.78 is 5.42. The van der Waals surface area contributed by atoms with Gasteiger partial charge >= 0.3 is 0 Å². The number of hydrogen-bond acceptors (Lipinski definition) is 4. The molecule has 1 aliphatic rings. The number of halogens is 1. The van der Waals surface area contributed by atoms with Crippen molar-refractivity contribution in [3.63, 3.8) is 0 Å². The predicted octanol–water partition coefficient (Wildman–Crippen LogP) is 2.28. The van der Waals surface area contributed by atoms with Crippen molar-refractivity contribution in [3.05, 3.63) is 53.6 Å². The van der Waals surface area contributed by atoms with E-state index in [1.54, 1.807) is 4.90 Å². The van der Waals surface area contributed by atoms with Crippen molar-refractivity contribution in [3.8, 4) is 11.4 Å². The van der Waals surface area contributed by atoms with Crippen LogP contribution in [-0.4, -0.2) is 49.4 Å². The summed E-state index contributed by atoms with van der Waals surface area (Å²) in [7, 11) is 0. The van der Waals surface area contributed by atoms with Crippen LogP contribution in [0.15, 0.2) is 48.5 Å². The minimum Gasteiger partial charge on any atom is -0.370 e. The molecule has 134 valence electrons. The molecule has 0 saturated carbocycles. The summed E-state index contributed by atoms with van der Waals surface area (Å²) in [5, 5.41) is 5.24. The zero-order valence-corrected chi connectivity index (χ0v) is 15.3. The number of nitrogens with zero attached hydrogens (tertiary/aromatic N) is 2. The maximum atomic E-state index is 6.14. The van der Waals surface area contributed by atoms with E-state index < -0.39 is 0 Å². The Labute approximate surface area is 158 Å². The molecule has 0 amide bonds. The van der Waals surface area contributed by atoms with Crippen LogP contribution >= 0.6 is 11.6 Å². The molecule has 1 aliphatic heterocycles. The number of para-hydroxylation sites is 1. The topological polar surface area (TPSA) is 51.5 Å². The van der Waals surface area contributed by atoms with Crippen molar-refractivity contribution in [2.75, 3.05) is 44.7 Å². The minimum atomic E-state index is 0.685. The second-order valence-electron chi connectivity index (χ2n) is 6.46. The lowest BCUT2D eigenvalue weighted by atomic mass is 10.2. The van der Waals surface area contributed by atoms with E-state index in [0.717, 1.165) is 61.7 Å². The number of ether oxygens (including phenoxy) is 1. The molecule has 1 fully saturated rings. The summed E-state index contributed by atoms with van der Waals surface area (Å²) >= 11 is 6.14. The number of anilines is 1. The Morgan fingerprint density at radius 1 is 1.04 bits per heavy atom. The first kappa shape index (κ1) is 17.2. The van der Waals surface area contributed by atoms with Gasteiger partial charge < -0.3 is 15.0 Å². The molecule has 0 aliphatic carbocycles. The number of fused-ring (bicyclic) bond motifs is 1. The number of hydrogen-bond donors (Lipinski definition) is 2. The molecule has 1 aromatic heterocycles. The first-order valence-electron chi connectivity index (χ1n) is 8.97. The van der Waals surface area contributed by atoms with Crippen LogP contribution in [0.2, 0.25) is 5.02 Å². The van der Waals surface area contributed by atoms with Gasteiger partial charge in [0, 0.05) is 16.0 Å². The van der Waals surface area contributed by atoms with Gasteiger partial charge in [-0.25, -0.2) is 9.97 Å². The van der Waals surface area contributed by atoms with Crippen LogP contribution in [0, 0.1) is 0 Å². The molecule has 2 aromatic carbocycles. The second-order valence-corrected chi connectivity index (χ2v) is 6.90. The van der Waals surface area contributed by atoms with Gasteiger partial charge in [-0.15, -0.1) is 0 Å². The maximum absolute atomic E-state index is 6.14. The molecular weight excluding hydrogens is 348 g/mol. The largest absolute Gasteiger partial charge is 0.370 e. The van der Waals surface area contributed by atoms with E-state index in [1.807, 2.05) is 42.5 Å². The molecule has 0 bridgehead atoms. The van der Waals surface area contributed by atoms with Crippen molar-refractivity contribution in [1.29, 1.82) is 0 Å². The van der Waals surface area contributed by atoms with E-state index >= 15 is 0 Å². The molecule has 2 heterocycles. The molecular formula is C20H22ClN4O+. The van der Waals surface area contributed by atoms with Gasteiger partial charge in [-0.05, 0) is 24.3 Å². The minimum absolute atomic E-state index is 0.685. The Balaban J connectivity index is 1.59. The standard InChI is InChI=1S/C20H21ClN4O/c21-16-5-3-4-15(14-16)19-23-18-7-2-1-6-17(18)20(24-19)22-8-9-25-10-12-26-13-11-25/h1-7,14H,8-13H2,(H,22,23,24)/p+1. The van der Waals surface area contributed by atoms with E-state index in [4.69, 9.17) is 26.3 Å². The Bertz CT molecular complexity index is 896. The van der Waals surface area contributed by atoms with E-state index in [1.165, 1.54) is 0 Å². The molecule has 1 saturated heterocycles.